The highest BCUT2D eigenvalue weighted by Gasteiger charge is 2.17. The number of nitrogens with zero attached hydrogens (tertiary/aromatic N) is 1. The van der Waals surface area contributed by atoms with Crippen LogP contribution in [-0.2, 0) is 0 Å². The number of hydrogen-bond acceptors (Lipinski definition) is 3. The van der Waals surface area contributed by atoms with Gasteiger partial charge in [0, 0.05) is 24.3 Å². The molecule has 1 aromatic carbocycles. The average Bonchev–Trinajstić information content (AvgIpc) is 2.39. The lowest BCUT2D eigenvalue weighted by Gasteiger charge is -2.26. The number of piperidine rings is 1. The number of anilines is 1. The van der Waals surface area contributed by atoms with E-state index < -0.39 is 0 Å². The van der Waals surface area contributed by atoms with Gasteiger partial charge in [0.15, 0.2) is 0 Å². The van der Waals surface area contributed by atoms with Gasteiger partial charge in [-0.2, -0.15) is 0 Å². The lowest BCUT2D eigenvalue weighted by atomic mass is 10.1. The molecule has 0 aliphatic carbocycles. The number of carbonyl (C=O) groups is 1. The Kier molecular flexibility index (Phi) is 3.41. The molecule has 4 nitrogen and oxygen atoms in total. The predicted octanol–water partition coefficient (Wildman–Crippen LogP) is 1.60. The summed E-state index contributed by atoms with van der Waals surface area (Å²) in [4.78, 5) is 14.0. The van der Waals surface area contributed by atoms with Gasteiger partial charge in [-0.05, 0) is 43.5 Å². The Morgan fingerprint density at radius 3 is 2.31 bits per heavy atom. The zero-order valence-corrected chi connectivity index (χ0v) is 9.28. The van der Waals surface area contributed by atoms with Crippen LogP contribution >= 0.6 is 0 Å². The Morgan fingerprint density at radius 1 is 1.12 bits per heavy atom. The normalized spacial score (nSPS) is 15.9. The fourth-order valence-electron chi connectivity index (χ4n) is 1.99. The van der Waals surface area contributed by atoms with Crippen molar-refractivity contribution >= 4 is 11.6 Å². The first-order valence-corrected chi connectivity index (χ1v) is 5.67. The Morgan fingerprint density at radius 2 is 1.75 bits per heavy atom. The van der Waals surface area contributed by atoms with Crippen LogP contribution in [0.4, 0.5) is 5.69 Å². The summed E-state index contributed by atoms with van der Waals surface area (Å²) in [5.74, 6) is 5.40. The van der Waals surface area contributed by atoms with Crippen LogP contribution in [0.15, 0.2) is 24.3 Å². The standard InChI is InChI=1S/C12H17N3O/c13-14-11-6-4-10(5-7-11)12(16)15-8-2-1-3-9-15/h4-7,14H,1-3,8-9,13H2. The highest BCUT2D eigenvalue weighted by Crippen LogP contribution is 2.14. The summed E-state index contributed by atoms with van der Waals surface area (Å²) in [6.07, 6.45) is 3.47. The molecule has 16 heavy (non-hydrogen) atoms. The fourth-order valence-corrected chi connectivity index (χ4v) is 1.99. The minimum atomic E-state index is 0.128. The highest BCUT2D eigenvalue weighted by atomic mass is 16.2. The molecule has 1 amide bonds. The Bertz CT molecular complexity index is 355. The Hall–Kier alpha value is -1.55. The van der Waals surface area contributed by atoms with Gasteiger partial charge in [-0.3, -0.25) is 10.6 Å². The van der Waals surface area contributed by atoms with Crippen LogP contribution in [0, 0.1) is 0 Å². The van der Waals surface area contributed by atoms with Gasteiger partial charge in [-0.25, -0.2) is 0 Å². The molecule has 1 aliphatic heterocycles. The highest BCUT2D eigenvalue weighted by molar-refractivity contribution is 5.94. The summed E-state index contributed by atoms with van der Waals surface area (Å²) in [7, 11) is 0. The molecule has 86 valence electrons. The van der Waals surface area contributed by atoms with E-state index in [2.05, 4.69) is 5.43 Å². The van der Waals surface area contributed by atoms with Gasteiger partial charge in [0.1, 0.15) is 0 Å². The zero-order valence-electron chi connectivity index (χ0n) is 9.28. The molecule has 1 aliphatic rings. The number of amides is 1. The van der Waals surface area contributed by atoms with Gasteiger partial charge in [0.25, 0.3) is 5.91 Å². The first kappa shape index (κ1) is 11.0. The van der Waals surface area contributed by atoms with E-state index in [1.165, 1.54) is 6.42 Å². The lowest BCUT2D eigenvalue weighted by Crippen LogP contribution is -2.35. The quantitative estimate of drug-likeness (QED) is 0.586. The van der Waals surface area contributed by atoms with Crippen molar-refractivity contribution in [3.05, 3.63) is 29.8 Å². The van der Waals surface area contributed by atoms with Crippen molar-refractivity contribution in [3.63, 3.8) is 0 Å². The number of hydrogen-bond donors (Lipinski definition) is 2. The third-order valence-corrected chi connectivity index (χ3v) is 2.94. The van der Waals surface area contributed by atoms with E-state index in [4.69, 9.17) is 5.84 Å². The largest absolute Gasteiger partial charge is 0.339 e. The van der Waals surface area contributed by atoms with E-state index in [1.54, 1.807) is 0 Å². The summed E-state index contributed by atoms with van der Waals surface area (Å²) in [5.41, 5.74) is 4.10. The van der Waals surface area contributed by atoms with Crippen molar-refractivity contribution in [1.82, 2.24) is 4.90 Å². The Balaban J connectivity index is 2.07. The maximum absolute atomic E-state index is 12.1. The number of nitrogens with two attached hydrogens (primary N) is 1. The van der Waals surface area contributed by atoms with Crippen molar-refractivity contribution in [2.24, 2.45) is 5.84 Å². The second kappa shape index (κ2) is 4.99. The number of nitrogens with one attached hydrogen (secondary N) is 1. The van der Waals surface area contributed by atoms with E-state index in [0.717, 1.165) is 37.2 Å². The maximum Gasteiger partial charge on any atom is 0.253 e. The molecule has 1 heterocycles. The Labute approximate surface area is 95.4 Å². The van der Waals surface area contributed by atoms with Crippen LogP contribution in [0.1, 0.15) is 29.6 Å². The second-order valence-corrected chi connectivity index (χ2v) is 4.07. The number of hydrazine groups is 1. The van der Waals surface area contributed by atoms with E-state index in [-0.39, 0.29) is 5.91 Å². The van der Waals surface area contributed by atoms with Crippen LogP contribution < -0.4 is 11.3 Å². The van der Waals surface area contributed by atoms with E-state index in [1.807, 2.05) is 29.2 Å². The van der Waals surface area contributed by atoms with Gasteiger partial charge in [0.05, 0.1) is 0 Å². The molecule has 0 atom stereocenters. The number of rotatable bonds is 2. The zero-order chi connectivity index (χ0) is 11.4. The number of nitrogen functional groups attached to an aromatic ring is 1. The molecule has 0 spiro atoms. The summed E-state index contributed by atoms with van der Waals surface area (Å²) in [6, 6.07) is 7.26. The summed E-state index contributed by atoms with van der Waals surface area (Å²) < 4.78 is 0. The molecule has 1 saturated heterocycles. The van der Waals surface area contributed by atoms with Crippen molar-refractivity contribution in [2.75, 3.05) is 18.5 Å². The lowest BCUT2D eigenvalue weighted by molar-refractivity contribution is 0.0724. The van der Waals surface area contributed by atoms with Gasteiger partial charge < -0.3 is 10.3 Å². The molecule has 0 bridgehead atoms. The number of carbonyl (C=O) groups excluding carboxylic acids is 1. The van der Waals surface area contributed by atoms with Gasteiger partial charge in [-0.1, -0.05) is 0 Å². The number of benzene rings is 1. The van der Waals surface area contributed by atoms with Gasteiger partial charge >= 0.3 is 0 Å². The van der Waals surface area contributed by atoms with Crippen molar-refractivity contribution < 1.29 is 4.79 Å². The maximum atomic E-state index is 12.1. The van der Waals surface area contributed by atoms with E-state index in [9.17, 15) is 4.79 Å². The molecule has 0 radical (unpaired) electrons. The molecular weight excluding hydrogens is 202 g/mol. The molecule has 1 aromatic rings. The van der Waals surface area contributed by atoms with Gasteiger partial charge in [-0.15, -0.1) is 0 Å². The first-order valence-electron chi connectivity index (χ1n) is 5.67. The van der Waals surface area contributed by atoms with Crippen molar-refractivity contribution in [1.29, 1.82) is 0 Å². The SMILES string of the molecule is NNc1ccc(C(=O)N2CCCCC2)cc1. The van der Waals surface area contributed by atoms with Crippen LogP contribution in [0.2, 0.25) is 0 Å². The minimum absolute atomic E-state index is 0.128. The third kappa shape index (κ3) is 2.33. The van der Waals surface area contributed by atoms with Crippen LogP contribution in [0.3, 0.4) is 0 Å². The molecular formula is C12H17N3O. The molecule has 4 heteroatoms. The second-order valence-electron chi connectivity index (χ2n) is 4.07. The smallest absolute Gasteiger partial charge is 0.253 e. The summed E-state index contributed by atoms with van der Waals surface area (Å²) in [6.45, 7) is 1.77. The third-order valence-electron chi connectivity index (χ3n) is 2.94. The van der Waals surface area contributed by atoms with E-state index in [0.29, 0.717) is 0 Å². The summed E-state index contributed by atoms with van der Waals surface area (Å²) in [5, 5.41) is 0. The fraction of sp³-hybridized carbons (Fsp3) is 0.417. The molecule has 0 unspecified atom stereocenters. The summed E-state index contributed by atoms with van der Waals surface area (Å²) >= 11 is 0. The molecule has 2 rings (SSSR count). The topological polar surface area (TPSA) is 58.4 Å². The molecule has 1 fully saturated rings. The van der Waals surface area contributed by atoms with Gasteiger partial charge in [0.2, 0.25) is 0 Å². The molecule has 0 aromatic heterocycles. The minimum Gasteiger partial charge on any atom is -0.339 e. The van der Waals surface area contributed by atoms with Crippen LogP contribution in [-0.4, -0.2) is 23.9 Å². The van der Waals surface area contributed by atoms with Crippen LogP contribution in [0.25, 0.3) is 0 Å². The monoisotopic (exact) mass is 219 g/mol. The predicted molar refractivity (Wildman–Crippen MR) is 64.0 cm³/mol. The van der Waals surface area contributed by atoms with Crippen molar-refractivity contribution in [2.45, 2.75) is 19.3 Å². The molecule has 3 N–H and O–H groups in total. The van der Waals surface area contributed by atoms with E-state index >= 15 is 0 Å². The average molecular weight is 219 g/mol. The number of likely N-dealkylation sites (tertiary alicyclic amines) is 1. The van der Waals surface area contributed by atoms with Crippen molar-refractivity contribution in [3.8, 4) is 0 Å². The first-order chi connectivity index (χ1) is 7.81. The molecule has 0 saturated carbocycles. The van der Waals surface area contributed by atoms with Crippen LogP contribution in [0.5, 0.6) is 0 Å².